The van der Waals surface area contributed by atoms with Crippen LogP contribution in [0.2, 0.25) is 0 Å². The molecule has 2 fully saturated rings. The number of hydrogen-bond acceptors (Lipinski definition) is 5. The van der Waals surface area contributed by atoms with Crippen LogP contribution in [-0.4, -0.2) is 44.6 Å². The van der Waals surface area contributed by atoms with Gasteiger partial charge in [0.05, 0.1) is 11.7 Å². The van der Waals surface area contributed by atoms with E-state index in [9.17, 15) is 14.7 Å². The summed E-state index contributed by atoms with van der Waals surface area (Å²) in [4.78, 5) is 33.3. The van der Waals surface area contributed by atoms with Gasteiger partial charge in [-0.15, -0.1) is 0 Å². The molecule has 1 aromatic heterocycles. The van der Waals surface area contributed by atoms with E-state index in [0.29, 0.717) is 5.56 Å². The largest absolute Gasteiger partial charge is 0.392 e. The second-order valence-electron chi connectivity index (χ2n) is 11.0. The van der Waals surface area contributed by atoms with Crippen molar-refractivity contribution < 1.29 is 14.7 Å². The Balaban J connectivity index is 1.74. The maximum Gasteiger partial charge on any atom is 0.254 e. The maximum absolute atomic E-state index is 12.8. The summed E-state index contributed by atoms with van der Waals surface area (Å²) in [6.07, 6.45) is 7.52. The Kier molecular flexibility index (Phi) is 6.75. The minimum atomic E-state index is -0.575. The normalized spacial score (nSPS) is 34.4. The number of rotatable bonds is 4. The molecule has 2 amide bonds. The Hall–Kier alpha value is -2.02. The number of fused-ring (bicyclic) bond motifs is 1. The number of aromatic nitrogens is 2. The van der Waals surface area contributed by atoms with E-state index in [-0.39, 0.29) is 52.5 Å². The van der Waals surface area contributed by atoms with Crippen molar-refractivity contribution in [3.63, 3.8) is 0 Å². The summed E-state index contributed by atoms with van der Waals surface area (Å²) in [6, 6.07) is -0.0297. The molecule has 2 aliphatic rings. The fraction of sp³-hybridized carbons (Fsp3) is 0.750. The number of aliphatic hydroxyl groups is 1. The molecule has 172 valence electrons. The average Bonchev–Trinajstić information content (AvgIpc) is 2.69. The summed E-state index contributed by atoms with van der Waals surface area (Å²) in [5, 5.41) is 17.7. The number of aliphatic hydroxyl groups excluding tert-OH is 1. The van der Waals surface area contributed by atoms with Crippen LogP contribution in [0.4, 0.5) is 0 Å². The number of nitrogens with zero attached hydrogens (tertiary/aromatic N) is 2. The van der Waals surface area contributed by atoms with Crippen molar-refractivity contribution >= 4 is 11.8 Å². The first-order valence-electron chi connectivity index (χ1n) is 11.5. The Labute approximate surface area is 185 Å². The molecule has 7 unspecified atom stereocenters. The molecule has 0 spiro atoms. The van der Waals surface area contributed by atoms with Gasteiger partial charge in [0.2, 0.25) is 5.91 Å². The Morgan fingerprint density at radius 1 is 1.19 bits per heavy atom. The van der Waals surface area contributed by atoms with Crippen LogP contribution in [0.25, 0.3) is 0 Å². The molecular formula is C24H38N4O3. The molecule has 1 heterocycles. The lowest BCUT2D eigenvalue weighted by Gasteiger charge is -2.56. The molecule has 7 heteroatoms. The molecule has 0 saturated heterocycles. The highest BCUT2D eigenvalue weighted by Gasteiger charge is 2.54. The van der Waals surface area contributed by atoms with Gasteiger partial charge in [-0.1, -0.05) is 20.8 Å². The van der Waals surface area contributed by atoms with Gasteiger partial charge in [0.25, 0.3) is 5.91 Å². The van der Waals surface area contributed by atoms with Crippen molar-refractivity contribution in [1.82, 2.24) is 20.6 Å². The highest BCUT2D eigenvalue weighted by molar-refractivity contribution is 5.93. The van der Waals surface area contributed by atoms with Crippen LogP contribution in [0.5, 0.6) is 0 Å². The summed E-state index contributed by atoms with van der Waals surface area (Å²) in [6.45, 7) is 12.2. The predicted molar refractivity (Wildman–Crippen MR) is 119 cm³/mol. The van der Waals surface area contributed by atoms with Crippen LogP contribution in [0.3, 0.4) is 0 Å². The molecular weight excluding hydrogens is 392 g/mol. The lowest BCUT2D eigenvalue weighted by Crippen LogP contribution is -2.59. The van der Waals surface area contributed by atoms with Crippen molar-refractivity contribution in [3.8, 4) is 0 Å². The molecule has 31 heavy (non-hydrogen) atoms. The molecule has 3 N–H and O–H groups in total. The zero-order valence-corrected chi connectivity index (χ0v) is 19.7. The molecule has 1 aromatic rings. The van der Waals surface area contributed by atoms with Crippen molar-refractivity contribution in [1.29, 1.82) is 0 Å². The zero-order valence-electron chi connectivity index (χ0n) is 19.7. The second-order valence-corrected chi connectivity index (χ2v) is 11.0. The molecule has 3 rings (SSSR count). The minimum absolute atomic E-state index is 0.00227. The number of amides is 2. The highest BCUT2D eigenvalue weighted by Crippen LogP contribution is 2.55. The van der Waals surface area contributed by atoms with Gasteiger partial charge in [-0.25, -0.2) is 9.97 Å². The molecule has 7 atom stereocenters. The van der Waals surface area contributed by atoms with Gasteiger partial charge >= 0.3 is 0 Å². The van der Waals surface area contributed by atoms with Crippen molar-refractivity contribution in [2.24, 2.45) is 29.1 Å². The summed E-state index contributed by atoms with van der Waals surface area (Å²) in [5.74, 6) is -0.397. The number of carbonyl (C=O) groups is 2. The molecule has 2 aliphatic carbocycles. The van der Waals surface area contributed by atoms with E-state index in [0.717, 1.165) is 25.7 Å². The van der Waals surface area contributed by atoms with E-state index in [2.05, 4.69) is 34.4 Å². The maximum atomic E-state index is 12.8. The topological polar surface area (TPSA) is 104 Å². The van der Waals surface area contributed by atoms with Crippen molar-refractivity contribution in [2.45, 2.75) is 84.9 Å². The van der Waals surface area contributed by atoms with E-state index in [1.54, 1.807) is 0 Å². The Morgan fingerprint density at radius 3 is 2.42 bits per heavy atom. The Bertz CT molecular complexity index is 794. The SMILES string of the molecule is CC(C(=O)NC(C)(C)C)C1CCC2(C)CCC(NC(=O)c3cncnc3)C(C)C2C1O. The van der Waals surface area contributed by atoms with E-state index >= 15 is 0 Å². The molecule has 7 nitrogen and oxygen atoms in total. The first-order chi connectivity index (χ1) is 14.4. The average molecular weight is 431 g/mol. The number of nitrogens with one attached hydrogen (secondary N) is 2. The van der Waals surface area contributed by atoms with Gasteiger partial charge < -0.3 is 15.7 Å². The zero-order chi connectivity index (χ0) is 23.0. The predicted octanol–water partition coefficient (Wildman–Crippen LogP) is 2.95. The third-order valence-corrected chi connectivity index (χ3v) is 7.58. The fourth-order valence-corrected chi connectivity index (χ4v) is 5.84. The Morgan fingerprint density at radius 2 is 1.81 bits per heavy atom. The smallest absolute Gasteiger partial charge is 0.254 e. The molecule has 0 aliphatic heterocycles. The first-order valence-corrected chi connectivity index (χ1v) is 11.5. The van der Waals surface area contributed by atoms with Crippen LogP contribution in [0.15, 0.2) is 18.7 Å². The first kappa shape index (κ1) is 23.6. The van der Waals surface area contributed by atoms with Gasteiger partial charge in [-0.2, -0.15) is 0 Å². The molecule has 0 bridgehead atoms. The lowest BCUT2D eigenvalue weighted by molar-refractivity contribution is -0.143. The number of carbonyl (C=O) groups excluding carboxylic acids is 2. The van der Waals surface area contributed by atoms with Crippen molar-refractivity contribution in [2.75, 3.05) is 0 Å². The molecule has 2 saturated carbocycles. The van der Waals surface area contributed by atoms with Crippen molar-refractivity contribution in [3.05, 3.63) is 24.3 Å². The summed E-state index contributed by atoms with van der Waals surface area (Å²) < 4.78 is 0. The van der Waals surface area contributed by atoms with Crippen LogP contribution >= 0.6 is 0 Å². The highest BCUT2D eigenvalue weighted by atomic mass is 16.3. The van der Waals surface area contributed by atoms with Crippen LogP contribution in [-0.2, 0) is 4.79 Å². The second kappa shape index (κ2) is 8.85. The third-order valence-electron chi connectivity index (χ3n) is 7.58. The van der Waals surface area contributed by atoms with E-state index in [1.165, 1.54) is 18.7 Å². The number of hydrogen-bond donors (Lipinski definition) is 3. The summed E-state index contributed by atoms with van der Waals surface area (Å²) in [7, 11) is 0. The van der Waals surface area contributed by atoms with Gasteiger partial charge in [0.1, 0.15) is 6.33 Å². The quantitative estimate of drug-likeness (QED) is 0.681. The van der Waals surface area contributed by atoms with Gasteiger partial charge in [-0.3, -0.25) is 9.59 Å². The van der Waals surface area contributed by atoms with E-state index in [1.807, 2.05) is 27.7 Å². The monoisotopic (exact) mass is 430 g/mol. The van der Waals surface area contributed by atoms with Gasteiger partial charge in [-0.05, 0) is 69.6 Å². The van der Waals surface area contributed by atoms with Crippen LogP contribution in [0, 0.1) is 29.1 Å². The minimum Gasteiger partial charge on any atom is -0.392 e. The van der Waals surface area contributed by atoms with Crippen LogP contribution < -0.4 is 10.6 Å². The van der Waals surface area contributed by atoms with Gasteiger partial charge in [0, 0.05) is 29.9 Å². The standard InChI is InChI=1S/C24H38N4O3/c1-14(21(30)28-23(3,4)5)17-7-9-24(6)10-8-18(15(2)19(24)20(17)29)27-22(31)16-11-25-13-26-12-16/h11-15,17-20,29H,7-10H2,1-6H3,(H,27,31)(H,28,30). The van der Waals surface area contributed by atoms with E-state index < -0.39 is 6.10 Å². The molecule has 0 radical (unpaired) electrons. The third kappa shape index (κ3) is 5.08. The van der Waals surface area contributed by atoms with Gasteiger partial charge in [0.15, 0.2) is 0 Å². The summed E-state index contributed by atoms with van der Waals surface area (Å²) in [5.41, 5.74) is 0.165. The molecule has 0 aromatic carbocycles. The fourth-order valence-electron chi connectivity index (χ4n) is 5.84. The van der Waals surface area contributed by atoms with Crippen LogP contribution in [0.1, 0.15) is 77.6 Å². The summed E-state index contributed by atoms with van der Waals surface area (Å²) >= 11 is 0. The van der Waals surface area contributed by atoms with E-state index in [4.69, 9.17) is 0 Å². The lowest BCUT2D eigenvalue weighted by atomic mass is 9.51.